The summed E-state index contributed by atoms with van der Waals surface area (Å²) >= 11 is 0. The van der Waals surface area contributed by atoms with Crippen molar-refractivity contribution >= 4 is 5.91 Å². The van der Waals surface area contributed by atoms with E-state index in [9.17, 15) is 9.18 Å². The number of rotatable bonds is 4. The molecule has 1 saturated carbocycles. The van der Waals surface area contributed by atoms with Crippen LogP contribution in [0.5, 0.6) is 0 Å². The van der Waals surface area contributed by atoms with Crippen LogP contribution in [0.3, 0.4) is 0 Å². The molecule has 1 aliphatic heterocycles. The highest BCUT2D eigenvalue weighted by molar-refractivity contribution is 5.86. The summed E-state index contributed by atoms with van der Waals surface area (Å²) in [4.78, 5) is 18.5. The highest BCUT2D eigenvalue weighted by Gasteiger charge is 2.48. The van der Waals surface area contributed by atoms with Crippen molar-refractivity contribution in [2.75, 3.05) is 20.3 Å². The second-order valence-electron chi connectivity index (χ2n) is 6.00. The van der Waals surface area contributed by atoms with Crippen molar-refractivity contribution < 1.29 is 13.9 Å². The van der Waals surface area contributed by atoms with E-state index in [1.165, 1.54) is 0 Å². The monoisotopic (exact) mass is 295 g/mol. The largest absolute Gasteiger partial charge is 0.384 e. The third-order valence-corrected chi connectivity index (χ3v) is 4.73. The van der Waals surface area contributed by atoms with E-state index in [4.69, 9.17) is 4.74 Å². The van der Waals surface area contributed by atoms with Gasteiger partial charge in [-0.15, -0.1) is 0 Å². The van der Waals surface area contributed by atoms with Crippen LogP contribution in [0.2, 0.25) is 0 Å². The Morgan fingerprint density at radius 3 is 2.90 bits per heavy atom. The van der Waals surface area contributed by atoms with E-state index in [2.05, 4.69) is 9.55 Å². The topological polar surface area (TPSA) is 47.4 Å². The average molecular weight is 295 g/mol. The highest BCUT2D eigenvalue weighted by atomic mass is 19.1. The van der Waals surface area contributed by atoms with Gasteiger partial charge in [-0.25, -0.2) is 9.37 Å². The molecule has 0 bridgehead atoms. The molecule has 0 unspecified atom stereocenters. The lowest BCUT2D eigenvalue weighted by Gasteiger charge is -2.41. The smallest absolute Gasteiger partial charge is 0.260 e. The fraction of sp³-hybridized carbons (Fsp3) is 0.733. The molecule has 1 fully saturated rings. The molecule has 0 N–H and O–H groups in total. The van der Waals surface area contributed by atoms with Crippen LogP contribution in [-0.2, 0) is 22.5 Å². The lowest BCUT2D eigenvalue weighted by molar-refractivity contribution is -0.153. The second kappa shape index (κ2) is 5.40. The first-order valence-electron chi connectivity index (χ1n) is 7.60. The molecule has 6 heteroatoms. The summed E-state index contributed by atoms with van der Waals surface area (Å²) in [5.41, 5.74) is -0.508. The highest BCUT2D eigenvalue weighted by Crippen LogP contribution is 2.39. The molecule has 1 aromatic heterocycles. The molecular formula is C15H22FN3O2. The van der Waals surface area contributed by atoms with Gasteiger partial charge in [0, 0.05) is 38.5 Å². The Kier molecular flexibility index (Phi) is 3.73. The molecule has 21 heavy (non-hydrogen) atoms. The quantitative estimate of drug-likeness (QED) is 0.852. The number of carbonyl (C=O) groups is 1. The van der Waals surface area contributed by atoms with Crippen molar-refractivity contribution in [1.29, 1.82) is 0 Å². The van der Waals surface area contributed by atoms with Gasteiger partial charge in [0.2, 0.25) is 0 Å². The number of alkyl halides is 1. The van der Waals surface area contributed by atoms with Gasteiger partial charge in [-0.05, 0) is 26.2 Å². The number of ether oxygens (including phenoxy) is 1. The molecule has 0 radical (unpaired) electrons. The van der Waals surface area contributed by atoms with E-state index < -0.39 is 5.67 Å². The lowest BCUT2D eigenvalue weighted by atomic mass is 9.80. The van der Waals surface area contributed by atoms with Crippen LogP contribution in [0.4, 0.5) is 4.39 Å². The van der Waals surface area contributed by atoms with Gasteiger partial charge in [-0.1, -0.05) is 0 Å². The molecule has 2 heterocycles. The standard InChI is InChI=1S/C15H22FN3O2/c1-11-13-17-10-12(4-9-21-2)19(13)8-7-18(11)14(20)15(16)5-3-6-15/h10-11H,3-9H2,1-2H3/t11-/m1/s1. The third-order valence-electron chi connectivity index (χ3n) is 4.73. The van der Waals surface area contributed by atoms with Crippen LogP contribution in [0.15, 0.2) is 6.20 Å². The fourth-order valence-corrected chi connectivity index (χ4v) is 3.20. The molecule has 0 saturated heterocycles. The van der Waals surface area contributed by atoms with E-state index in [-0.39, 0.29) is 11.9 Å². The number of hydrogen-bond donors (Lipinski definition) is 0. The zero-order valence-electron chi connectivity index (χ0n) is 12.6. The number of hydrogen-bond acceptors (Lipinski definition) is 3. The number of amides is 1. The van der Waals surface area contributed by atoms with Crippen molar-refractivity contribution in [3.63, 3.8) is 0 Å². The molecule has 0 aromatic carbocycles. The van der Waals surface area contributed by atoms with Crippen LogP contribution in [-0.4, -0.2) is 46.3 Å². The molecule has 5 nitrogen and oxygen atoms in total. The summed E-state index contributed by atoms with van der Waals surface area (Å²) in [6, 6.07) is -0.171. The van der Waals surface area contributed by atoms with Crippen LogP contribution in [0.1, 0.15) is 43.7 Å². The van der Waals surface area contributed by atoms with Gasteiger partial charge in [0.05, 0.1) is 12.6 Å². The summed E-state index contributed by atoms with van der Waals surface area (Å²) in [6.45, 7) is 3.81. The minimum atomic E-state index is -1.62. The zero-order valence-corrected chi connectivity index (χ0v) is 12.6. The average Bonchev–Trinajstić information content (AvgIpc) is 2.86. The van der Waals surface area contributed by atoms with Crippen LogP contribution < -0.4 is 0 Å². The number of aromatic nitrogens is 2. The van der Waals surface area contributed by atoms with E-state index in [1.807, 2.05) is 13.1 Å². The van der Waals surface area contributed by atoms with Gasteiger partial charge < -0.3 is 14.2 Å². The first-order chi connectivity index (χ1) is 10.1. The van der Waals surface area contributed by atoms with E-state index in [0.29, 0.717) is 32.5 Å². The van der Waals surface area contributed by atoms with Crippen LogP contribution >= 0.6 is 0 Å². The molecule has 1 atom stereocenters. The lowest BCUT2D eigenvalue weighted by Crippen LogP contribution is -2.53. The number of nitrogens with zero attached hydrogens (tertiary/aromatic N) is 3. The Hall–Kier alpha value is -1.43. The first-order valence-corrected chi connectivity index (χ1v) is 7.60. The Morgan fingerprint density at radius 2 is 2.29 bits per heavy atom. The van der Waals surface area contributed by atoms with Crippen molar-refractivity contribution in [1.82, 2.24) is 14.5 Å². The predicted molar refractivity (Wildman–Crippen MR) is 75.6 cm³/mol. The Balaban J connectivity index is 1.78. The number of halogens is 1. The maximum absolute atomic E-state index is 14.4. The molecule has 1 amide bonds. The maximum Gasteiger partial charge on any atom is 0.260 e. The minimum absolute atomic E-state index is 0.171. The fourth-order valence-electron chi connectivity index (χ4n) is 3.20. The number of imidazole rings is 1. The number of carbonyl (C=O) groups excluding carboxylic acids is 1. The molecule has 0 spiro atoms. The van der Waals surface area contributed by atoms with Crippen molar-refractivity contribution in [2.45, 2.75) is 50.9 Å². The summed E-state index contributed by atoms with van der Waals surface area (Å²) in [5, 5.41) is 0. The van der Waals surface area contributed by atoms with Crippen LogP contribution in [0.25, 0.3) is 0 Å². The van der Waals surface area contributed by atoms with Gasteiger partial charge in [0.25, 0.3) is 5.91 Å². The number of fused-ring (bicyclic) bond motifs is 1. The van der Waals surface area contributed by atoms with Gasteiger partial charge >= 0.3 is 0 Å². The first kappa shape index (κ1) is 14.5. The molecule has 3 rings (SSSR count). The summed E-state index contributed by atoms with van der Waals surface area (Å²) in [7, 11) is 1.68. The molecule has 2 aliphatic rings. The van der Waals surface area contributed by atoms with E-state index in [0.717, 1.165) is 24.4 Å². The Labute approximate surface area is 124 Å². The third kappa shape index (κ3) is 2.35. The SMILES string of the molecule is COCCc1cnc2n1CCN(C(=O)C1(F)CCC1)[C@@H]2C. The van der Waals surface area contributed by atoms with Crippen molar-refractivity contribution in [2.24, 2.45) is 0 Å². The Morgan fingerprint density at radius 1 is 1.52 bits per heavy atom. The molecule has 1 aromatic rings. The van der Waals surface area contributed by atoms with Gasteiger partial charge in [0.1, 0.15) is 5.82 Å². The minimum Gasteiger partial charge on any atom is -0.384 e. The second-order valence-corrected chi connectivity index (χ2v) is 6.00. The van der Waals surface area contributed by atoms with Gasteiger partial charge in [0.15, 0.2) is 5.67 Å². The molecule has 116 valence electrons. The Bertz CT molecular complexity index is 539. The number of methoxy groups -OCH3 is 1. The predicted octanol–water partition coefficient (Wildman–Crippen LogP) is 1.87. The summed E-state index contributed by atoms with van der Waals surface area (Å²) in [6.07, 6.45) is 4.18. The molecule has 1 aliphatic carbocycles. The van der Waals surface area contributed by atoms with E-state index >= 15 is 0 Å². The maximum atomic E-state index is 14.4. The van der Waals surface area contributed by atoms with Gasteiger partial charge in [-0.3, -0.25) is 4.79 Å². The molecular weight excluding hydrogens is 273 g/mol. The van der Waals surface area contributed by atoms with Gasteiger partial charge in [-0.2, -0.15) is 0 Å². The summed E-state index contributed by atoms with van der Waals surface area (Å²) < 4.78 is 21.6. The van der Waals surface area contributed by atoms with Crippen molar-refractivity contribution in [3.8, 4) is 0 Å². The zero-order chi connectivity index (χ0) is 15.0. The van der Waals surface area contributed by atoms with Crippen molar-refractivity contribution in [3.05, 3.63) is 17.7 Å². The summed E-state index contributed by atoms with van der Waals surface area (Å²) in [5.74, 6) is 0.498. The van der Waals surface area contributed by atoms with E-state index in [1.54, 1.807) is 12.0 Å². The normalized spacial score (nSPS) is 23.6. The van der Waals surface area contributed by atoms with Crippen LogP contribution in [0, 0.1) is 0 Å².